The molecule has 1 N–H and O–H groups in total. The summed E-state index contributed by atoms with van der Waals surface area (Å²) in [6.07, 6.45) is 9.86. The predicted molar refractivity (Wildman–Crippen MR) is 79.0 cm³/mol. The first-order valence-corrected chi connectivity index (χ1v) is 7.67. The number of hydrogen-bond acceptors (Lipinski definition) is 2. The van der Waals surface area contributed by atoms with Gasteiger partial charge in [0, 0.05) is 20.2 Å². The smallest absolute Gasteiger partial charge is 0.0587 e. The molecule has 0 aromatic heterocycles. The molecule has 0 spiro atoms. The number of methoxy groups -OCH3 is 1. The van der Waals surface area contributed by atoms with Gasteiger partial charge in [0.2, 0.25) is 0 Å². The lowest BCUT2D eigenvalue weighted by atomic mass is 9.69. The van der Waals surface area contributed by atoms with Crippen LogP contribution in [0.3, 0.4) is 0 Å². The first-order chi connectivity index (χ1) is 8.47. The van der Waals surface area contributed by atoms with Crippen LogP contribution < -0.4 is 5.32 Å². The van der Waals surface area contributed by atoms with Gasteiger partial charge in [-0.2, -0.15) is 0 Å². The second kappa shape index (κ2) is 7.49. The van der Waals surface area contributed by atoms with Gasteiger partial charge in [-0.15, -0.1) is 0 Å². The van der Waals surface area contributed by atoms with Crippen LogP contribution in [0, 0.1) is 10.8 Å². The third-order valence-electron chi connectivity index (χ3n) is 4.30. The average Bonchev–Trinajstić information content (AvgIpc) is 2.33. The number of ether oxygens (including phenoxy) is 1. The van der Waals surface area contributed by atoms with Crippen LogP contribution in [0.4, 0.5) is 0 Å². The van der Waals surface area contributed by atoms with E-state index in [4.69, 9.17) is 4.74 Å². The van der Waals surface area contributed by atoms with E-state index in [2.05, 4.69) is 26.1 Å². The molecule has 1 fully saturated rings. The highest BCUT2D eigenvalue weighted by molar-refractivity contribution is 4.86. The Morgan fingerprint density at radius 1 is 1.11 bits per heavy atom. The third-order valence-corrected chi connectivity index (χ3v) is 4.30. The second-order valence-corrected chi connectivity index (χ2v) is 7.29. The minimum Gasteiger partial charge on any atom is -0.383 e. The fourth-order valence-electron chi connectivity index (χ4n) is 2.98. The van der Waals surface area contributed by atoms with Gasteiger partial charge in [-0.1, -0.05) is 40.0 Å². The van der Waals surface area contributed by atoms with E-state index < -0.39 is 0 Å². The Kier molecular flexibility index (Phi) is 6.65. The van der Waals surface area contributed by atoms with Gasteiger partial charge in [0.25, 0.3) is 0 Å². The van der Waals surface area contributed by atoms with Gasteiger partial charge in [0.1, 0.15) is 0 Å². The van der Waals surface area contributed by atoms with Crippen LogP contribution in [0.2, 0.25) is 0 Å². The molecule has 1 rings (SSSR count). The molecule has 1 aliphatic carbocycles. The molecule has 108 valence electrons. The van der Waals surface area contributed by atoms with Crippen LogP contribution in [-0.4, -0.2) is 26.8 Å². The van der Waals surface area contributed by atoms with Crippen LogP contribution in [0.1, 0.15) is 65.7 Å². The largest absolute Gasteiger partial charge is 0.383 e. The summed E-state index contributed by atoms with van der Waals surface area (Å²) in [4.78, 5) is 0. The van der Waals surface area contributed by atoms with Crippen LogP contribution in [0.25, 0.3) is 0 Å². The SMILES string of the molecule is COCCNCC1(CCC(C)(C)C)CCCCC1. The first kappa shape index (κ1) is 16.0. The van der Waals surface area contributed by atoms with Crippen molar-refractivity contribution in [1.29, 1.82) is 0 Å². The summed E-state index contributed by atoms with van der Waals surface area (Å²) in [6, 6.07) is 0. The highest BCUT2D eigenvalue weighted by Crippen LogP contribution is 2.42. The Morgan fingerprint density at radius 2 is 1.78 bits per heavy atom. The van der Waals surface area contributed by atoms with E-state index in [0.717, 1.165) is 13.2 Å². The molecule has 0 saturated heterocycles. The second-order valence-electron chi connectivity index (χ2n) is 7.29. The van der Waals surface area contributed by atoms with Crippen molar-refractivity contribution in [2.75, 3.05) is 26.8 Å². The van der Waals surface area contributed by atoms with Crippen LogP contribution in [0.15, 0.2) is 0 Å². The van der Waals surface area contributed by atoms with E-state index in [1.807, 2.05) is 0 Å². The molecule has 0 atom stereocenters. The van der Waals surface area contributed by atoms with Crippen molar-refractivity contribution < 1.29 is 4.74 Å². The molecule has 0 bridgehead atoms. The number of rotatable bonds is 7. The molecule has 0 radical (unpaired) electrons. The lowest BCUT2D eigenvalue weighted by Crippen LogP contribution is -2.38. The molecule has 0 unspecified atom stereocenters. The van der Waals surface area contributed by atoms with Gasteiger partial charge >= 0.3 is 0 Å². The van der Waals surface area contributed by atoms with Gasteiger partial charge in [-0.3, -0.25) is 0 Å². The van der Waals surface area contributed by atoms with Crippen LogP contribution in [0.5, 0.6) is 0 Å². The van der Waals surface area contributed by atoms with E-state index >= 15 is 0 Å². The van der Waals surface area contributed by atoms with Crippen molar-refractivity contribution in [2.24, 2.45) is 10.8 Å². The van der Waals surface area contributed by atoms with Crippen molar-refractivity contribution in [3.05, 3.63) is 0 Å². The van der Waals surface area contributed by atoms with E-state index in [9.17, 15) is 0 Å². The van der Waals surface area contributed by atoms with Gasteiger partial charge in [-0.05, 0) is 36.5 Å². The summed E-state index contributed by atoms with van der Waals surface area (Å²) < 4.78 is 5.12. The van der Waals surface area contributed by atoms with E-state index in [1.54, 1.807) is 7.11 Å². The Balaban J connectivity index is 2.41. The molecule has 1 aliphatic rings. The zero-order valence-electron chi connectivity index (χ0n) is 13.0. The highest BCUT2D eigenvalue weighted by Gasteiger charge is 2.32. The standard InChI is InChI=1S/C16H33NO/c1-15(2,3)10-11-16(8-6-5-7-9-16)14-17-12-13-18-4/h17H,5-14H2,1-4H3. The third kappa shape index (κ3) is 6.19. The molecule has 0 amide bonds. The molecule has 1 saturated carbocycles. The van der Waals surface area contributed by atoms with E-state index in [0.29, 0.717) is 10.8 Å². The minimum atomic E-state index is 0.469. The summed E-state index contributed by atoms with van der Waals surface area (Å²) in [5.74, 6) is 0. The zero-order valence-corrected chi connectivity index (χ0v) is 13.0. The molecular formula is C16H33NO. The Bertz CT molecular complexity index is 214. The molecule has 0 aromatic rings. The maximum Gasteiger partial charge on any atom is 0.0587 e. The summed E-state index contributed by atoms with van der Waals surface area (Å²) in [5, 5.41) is 3.61. The van der Waals surface area contributed by atoms with Crippen molar-refractivity contribution in [3.63, 3.8) is 0 Å². The van der Waals surface area contributed by atoms with E-state index in [-0.39, 0.29) is 0 Å². The Hall–Kier alpha value is -0.0800. The van der Waals surface area contributed by atoms with Gasteiger partial charge in [0.15, 0.2) is 0 Å². The summed E-state index contributed by atoms with van der Waals surface area (Å²) >= 11 is 0. The molecule has 2 nitrogen and oxygen atoms in total. The first-order valence-electron chi connectivity index (χ1n) is 7.67. The summed E-state index contributed by atoms with van der Waals surface area (Å²) in [6.45, 7) is 10.1. The molecule has 0 heterocycles. The van der Waals surface area contributed by atoms with Crippen molar-refractivity contribution in [3.8, 4) is 0 Å². The fourth-order valence-corrected chi connectivity index (χ4v) is 2.98. The maximum absolute atomic E-state index is 5.12. The quantitative estimate of drug-likeness (QED) is 0.694. The number of hydrogen-bond donors (Lipinski definition) is 1. The Morgan fingerprint density at radius 3 is 2.33 bits per heavy atom. The highest BCUT2D eigenvalue weighted by atomic mass is 16.5. The minimum absolute atomic E-state index is 0.469. The topological polar surface area (TPSA) is 21.3 Å². The van der Waals surface area contributed by atoms with Crippen molar-refractivity contribution in [2.45, 2.75) is 65.7 Å². The average molecular weight is 255 g/mol. The van der Waals surface area contributed by atoms with Gasteiger partial charge in [-0.25, -0.2) is 0 Å². The fraction of sp³-hybridized carbons (Fsp3) is 1.00. The van der Waals surface area contributed by atoms with E-state index in [1.165, 1.54) is 51.5 Å². The summed E-state index contributed by atoms with van der Waals surface area (Å²) in [7, 11) is 1.78. The lowest BCUT2D eigenvalue weighted by molar-refractivity contribution is 0.134. The molecular weight excluding hydrogens is 222 g/mol. The zero-order chi connectivity index (χ0) is 13.5. The summed E-state index contributed by atoms with van der Waals surface area (Å²) in [5.41, 5.74) is 1.04. The normalized spacial score (nSPS) is 20.0. The Labute approximate surface area is 114 Å². The van der Waals surface area contributed by atoms with Crippen LogP contribution >= 0.6 is 0 Å². The van der Waals surface area contributed by atoms with Gasteiger partial charge in [0.05, 0.1) is 6.61 Å². The molecule has 0 aromatic carbocycles. The van der Waals surface area contributed by atoms with Gasteiger partial charge < -0.3 is 10.1 Å². The molecule has 0 aliphatic heterocycles. The number of nitrogens with one attached hydrogen (secondary N) is 1. The van der Waals surface area contributed by atoms with Crippen molar-refractivity contribution in [1.82, 2.24) is 5.32 Å². The van der Waals surface area contributed by atoms with Crippen LogP contribution in [-0.2, 0) is 4.74 Å². The van der Waals surface area contributed by atoms with Crippen molar-refractivity contribution >= 4 is 0 Å². The maximum atomic E-state index is 5.12. The molecule has 2 heteroatoms. The monoisotopic (exact) mass is 255 g/mol. The predicted octanol–water partition coefficient (Wildman–Crippen LogP) is 4.00. The lowest BCUT2D eigenvalue weighted by Gasteiger charge is -2.39. The molecule has 18 heavy (non-hydrogen) atoms.